The van der Waals surface area contributed by atoms with Crippen LogP contribution in [0.15, 0.2) is 17.2 Å². The van der Waals surface area contributed by atoms with E-state index in [-0.39, 0.29) is 11.3 Å². The summed E-state index contributed by atoms with van der Waals surface area (Å²) in [5.74, 6) is -1.03. The highest BCUT2D eigenvalue weighted by atomic mass is 32.2. The van der Waals surface area contributed by atoms with Crippen LogP contribution in [0.4, 0.5) is 0 Å². The number of pyridine rings is 1. The molecule has 68 valence electrons. The van der Waals surface area contributed by atoms with Crippen molar-refractivity contribution < 1.29 is 14.7 Å². The van der Waals surface area contributed by atoms with Crippen molar-refractivity contribution in [3.8, 4) is 0 Å². The van der Waals surface area contributed by atoms with Crippen LogP contribution in [0.25, 0.3) is 0 Å². The molecule has 1 N–H and O–H groups in total. The first-order valence-electron chi connectivity index (χ1n) is 3.42. The molecule has 0 aliphatic heterocycles. The first kappa shape index (κ1) is 9.73. The standard InChI is InChI=1S/C8H7NO3S/c1-13-7-6(8(11)12)3-2-5(4-10)9-7/h2-4H,1H3,(H,11,12). The largest absolute Gasteiger partial charge is 0.478 e. The molecule has 0 saturated carbocycles. The van der Waals surface area contributed by atoms with Gasteiger partial charge >= 0.3 is 5.97 Å². The first-order valence-corrected chi connectivity index (χ1v) is 4.65. The molecule has 0 amide bonds. The lowest BCUT2D eigenvalue weighted by Crippen LogP contribution is -2.02. The zero-order valence-corrected chi connectivity index (χ0v) is 7.67. The van der Waals surface area contributed by atoms with Gasteiger partial charge in [-0.05, 0) is 18.4 Å². The zero-order chi connectivity index (χ0) is 9.84. The third-order valence-electron chi connectivity index (χ3n) is 1.43. The van der Waals surface area contributed by atoms with Gasteiger partial charge in [0.25, 0.3) is 0 Å². The van der Waals surface area contributed by atoms with E-state index in [1.165, 1.54) is 23.9 Å². The van der Waals surface area contributed by atoms with Crippen molar-refractivity contribution in [2.75, 3.05) is 6.26 Å². The average Bonchev–Trinajstić information content (AvgIpc) is 2.16. The Morgan fingerprint density at radius 3 is 2.77 bits per heavy atom. The van der Waals surface area contributed by atoms with Gasteiger partial charge in [0.15, 0.2) is 6.29 Å². The Kier molecular flexibility index (Phi) is 3.02. The van der Waals surface area contributed by atoms with Crippen LogP contribution in [-0.4, -0.2) is 28.6 Å². The fourth-order valence-electron chi connectivity index (χ4n) is 0.839. The van der Waals surface area contributed by atoms with Gasteiger partial charge in [-0.25, -0.2) is 9.78 Å². The number of carboxylic acid groups (broad SMARTS) is 1. The predicted octanol–water partition coefficient (Wildman–Crippen LogP) is 1.31. The summed E-state index contributed by atoms with van der Waals surface area (Å²) in [5, 5.41) is 9.08. The van der Waals surface area contributed by atoms with Crippen molar-refractivity contribution in [2.45, 2.75) is 5.03 Å². The summed E-state index contributed by atoms with van der Waals surface area (Å²) in [6, 6.07) is 2.76. The van der Waals surface area contributed by atoms with Crippen LogP contribution in [0, 0.1) is 0 Å². The maximum Gasteiger partial charge on any atom is 0.338 e. The number of aldehydes is 1. The number of nitrogens with zero attached hydrogens (tertiary/aromatic N) is 1. The number of carbonyl (C=O) groups is 2. The van der Waals surface area contributed by atoms with Gasteiger partial charge in [0.05, 0.1) is 5.56 Å². The molecule has 1 heterocycles. The Bertz CT molecular complexity index is 351. The van der Waals surface area contributed by atoms with Gasteiger partial charge in [0, 0.05) is 0 Å². The lowest BCUT2D eigenvalue weighted by molar-refractivity contribution is 0.0691. The summed E-state index contributed by atoms with van der Waals surface area (Å²) >= 11 is 1.20. The van der Waals surface area contributed by atoms with Gasteiger partial charge in [-0.3, -0.25) is 4.79 Å². The monoisotopic (exact) mass is 197 g/mol. The second kappa shape index (κ2) is 4.04. The predicted molar refractivity (Wildman–Crippen MR) is 48.4 cm³/mol. The minimum absolute atomic E-state index is 0.123. The van der Waals surface area contributed by atoms with Gasteiger partial charge in [-0.2, -0.15) is 0 Å². The van der Waals surface area contributed by atoms with E-state index in [0.717, 1.165) is 0 Å². The van der Waals surface area contributed by atoms with Crippen molar-refractivity contribution in [3.05, 3.63) is 23.4 Å². The molecular weight excluding hydrogens is 190 g/mol. The Labute approximate surface area is 79.0 Å². The summed E-state index contributed by atoms with van der Waals surface area (Å²) in [6.07, 6.45) is 2.30. The van der Waals surface area contributed by atoms with E-state index in [1.807, 2.05) is 0 Å². The van der Waals surface area contributed by atoms with Crippen molar-refractivity contribution in [3.63, 3.8) is 0 Å². The van der Waals surface area contributed by atoms with Gasteiger partial charge in [-0.1, -0.05) is 0 Å². The molecule has 0 aliphatic rings. The van der Waals surface area contributed by atoms with E-state index >= 15 is 0 Å². The highest BCUT2D eigenvalue weighted by Crippen LogP contribution is 2.17. The highest BCUT2D eigenvalue weighted by Gasteiger charge is 2.10. The molecule has 0 saturated heterocycles. The van der Waals surface area contributed by atoms with E-state index < -0.39 is 5.97 Å². The first-order chi connectivity index (χ1) is 6.19. The van der Waals surface area contributed by atoms with E-state index in [4.69, 9.17) is 5.11 Å². The van der Waals surface area contributed by atoms with E-state index in [0.29, 0.717) is 11.3 Å². The lowest BCUT2D eigenvalue weighted by Gasteiger charge is -2.01. The lowest BCUT2D eigenvalue weighted by atomic mass is 10.2. The summed E-state index contributed by atoms with van der Waals surface area (Å²) in [7, 11) is 0. The van der Waals surface area contributed by atoms with Crippen LogP contribution >= 0.6 is 11.8 Å². The number of rotatable bonds is 3. The van der Waals surface area contributed by atoms with Crippen molar-refractivity contribution in [1.29, 1.82) is 0 Å². The second-order valence-corrected chi connectivity index (χ2v) is 3.01. The van der Waals surface area contributed by atoms with Crippen molar-refractivity contribution in [1.82, 2.24) is 4.98 Å². The SMILES string of the molecule is CSc1nc(C=O)ccc1C(=O)O. The summed E-state index contributed by atoms with van der Waals surface area (Å²) in [6.45, 7) is 0. The van der Waals surface area contributed by atoms with E-state index in [9.17, 15) is 9.59 Å². The Balaban J connectivity index is 3.23. The normalized spacial score (nSPS) is 9.62. The van der Waals surface area contributed by atoms with Crippen molar-refractivity contribution >= 4 is 24.0 Å². The fraction of sp³-hybridized carbons (Fsp3) is 0.125. The third kappa shape index (κ3) is 2.06. The molecule has 0 atom stereocenters. The van der Waals surface area contributed by atoms with E-state index in [1.54, 1.807) is 6.26 Å². The Morgan fingerprint density at radius 2 is 2.31 bits per heavy atom. The van der Waals surface area contributed by atoms with Gasteiger partial charge in [0.1, 0.15) is 10.7 Å². The molecule has 1 rings (SSSR count). The van der Waals surface area contributed by atoms with Crippen LogP contribution in [0.5, 0.6) is 0 Å². The topological polar surface area (TPSA) is 67.3 Å². The average molecular weight is 197 g/mol. The fourth-order valence-corrected chi connectivity index (χ4v) is 1.41. The van der Waals surface area contributed by atoms with Crippen LogP contribution in [-0.2, 0) is 0 Å². The summed E-state index contributed by atoms with van der Waals surface area (Å²) in [5.41, 5.74) is 0.368. The number of aromatic nitrogens is 1. The molecule has 0 spiro atoms. The van der Waals surface area contributed by atoms with Gasteiger partial charge < -0.3 is 5.11 Å². The number of aromatic carboxylic acids is 1. The van der Waals surface area contributed by atoms with Crippen LogP contribution < -0.4 is 0 Å². The number of hydrogen-bond acceptors (Lipinski definition) is 4. The van der Waals surface area contributed by atoms with E-state index in [2.05, 4.69) is 4.98 Å². The zero-order valence-electron chi connectivity index (χ0n) is 6.85. The number of carbonyl (C=O) groups excluding carboxylic acids is 1. The molecular formula is C8H7NO3S. The van der Waals surface area contributed by atoms with Gasteiger partial charge in [-0.15, -0.1) is 11.8 Å². The molecule has 13 heavy (non-hydrogen) atoms. The third-order valence-corrected chi connectivity index (χ3v) is 2.12. The maximum absolute atomic E-state index is 10.6. The number of thioether (sulfide) groups is 1. The Hall–Kier alpha value is -1.36. The molecule has 0 bridgehead atoms. The molecule has 4 nitrogen and oxygen atoms in total. The molecule has 0 aromatic carbocycles. The molecule has 0 unspecified atom stereocenters. The molecule has 1 aromatic rings. The second-order valence-electron chi connectivity index (χ2n) is 2.22. The summed E-state index contributed by atoms with van der Waals surface area (Å²) < 4.78 is 0. The van der Waals surface area contributed by atoms with Crippen LogP contribution in [0.2, 0.25) is 0 Å². The van der Waals surface area contributed by atoms with Crippen LogP contribution in [0.1, 0.15) is 20.8 Å². The molecule has 5 heteroatoms. The molecule has 1 aromatic heterocycles. The van der Waals surface area contributed by atoms with Gasteiger partial charge in [0.2, 0.25) is 0 Å². The summed E-state index contributed by atoms with van der Waals surface area (Å²) in [4.78, 5) is 24.8. The smallest absolute Gasteiger partial charge is 0.338 e. The minimum Gasteiger partial charge on any atom is -0.478 e. The quantitative estimate of drug-likeness (QED) is 0.584. The number of hydrogen-bond donors (Lipinski definition) is 1. The number of carboxylic acids is 1. The molecule has 0 aliphatic carbocycles. The Morgan fingerprint density at radius 1 is 1.62 bits per heavy atom. The molecule has 0 fully saturated rings. The maximum atomic E-state index is 10.6. The minimum atomic E-state index is -1.03. The molecule has 0 radical (unpaired) electrons. The van der Waals surface area contributed by atoms with Crippen LogP contribution in [0.3, 0.4) is 0 Å². The highest BCUT2D eigenvalue weighted by molar-refractivity contribution is 7.98. The van der Waals surface area contributed by atoms with Crippen molar-refractivity contribution in [2.24, 2.45) is 0 Å².